The molecule has 0 radical (unpaired) electrons. The molecule has 20 heavy (non-hydrogen) atoms. The number of carbonyl (C=O) groups excluding carboxylic acids is 1. The van der Waals surface area contributed by atoms with Gasteiger partial charge in [-0.2, -0.15) is 0 Å². The number of hydrogen-bond donors (Lipinski definition) is 2. The van der Waals surface area contributed by atoms with E-state index in [0.717, 1.165) is 24.1 Å². The molecule has 1 aliphatic rings. The number of amides is 1. The van der Waals surface area contributed by atoms with E-state index in [2.05, 4.69) is 10.3 Å². The fourth-order valence-electron chi connectivity index (χ4n) is 2.48. The van der Waals surface area contributed by atoms with Crippen LogP contribution in [0.15, 0.2) is 18.3 Å². The molecule has 0 aliphatic carbocycles. The summed E-state index contributed by atoms with van der Waals surface area (Å²) < 4.78 is 6.52. The highest BCUT2D eigenvalue weighted by molar-refractivity contribution is 7.21. The minimum Gasteiger partial charge on any atom is -0.396 e. The van der Waals surface area contributed by atoms with Crippen LogP contribution in [0.1, 0.15) is 29.4 Å². The maximum absolute atomic E-state index is 12.3. The Labute approximate surface area is 121 Å². The highest BCUT2D eigenvalue weighted by Crippen LogP contribution is 2.31. The Morgan fingerprint density at radius 3 is 3.20 bits per heavy atom. The van der Waals surface area contributed by atoms with E-state index in [9.17, 15) is 4.79 Å². The lowest BCUT2D eigenvalue weighted by molar-refractivity contribution is 0.0715. The molecule has 1 amide bonds. The summed E-state index contributed by atoms with van der Waals surface area (Å²) >= 11 is 1.38. The van der Waals surface area contributed by atoms with Crippen molar-refractivity contribution in [2.45, 2.75) is 31.9 Å². The Morgan fingerprint density at radius 1 is 1.65 bits per heavy atom. The Balaban J connectivity index is 1.80. The van der Waals surface area contributed by atoms with Crippen molar-refractivity contribution in [1.29, 1.82) is 0 Å². The van der Waals surface area contributed by atoms with Crippen LogP contribution in [0.2, 0.25) is 0 Å². The zero-order chi connectivity index (χ0) is 14.1. The molecule has 5 nitrogen and oxygen atoms in total. The van der Waals surface area contributed by atoms with E-state index in [1.165, 1.54) is 11.3 Å². The maximum Gasteiger partial charge on any atom is 0.263 e. The summed E-state index contributed by atoms with van der Waals surface area (Å²) in [5.74, 6) is -0.145. The number of thiophene rings is 1. The number of nitrogen functional groups attached to an aromatic ring is 1. The third-order valence-corrected chi connectivity index (χ3v) is 4.73. The second-order valence-electron chi connectivity index (χ2n) is 5.01. The van der Waals surface area contributed by atoms with Crippen LogP contribution in [0.3, 0.4) is 0 Å². The quantitative estimate of drug-likeness (QED) is 0.908. The van der Waals surface area contributed by atoms with Gasteiger partial charge < -0.3 is 15.8 Å². The molecule has 3 rings (SSSR count). The van der Waals surface area contributed by atoms with Gasteiger partial charge in [0.15, 0.2) is 0 Å². The molecular weight excluding hydrogens is 274 g/mol. The minimum absolute atomic E-state index is 0.0115. The first-order chi connectivity index (χ1) is 9.66. The summed E-state index contributed by atoms with van der Waals surface area (Å²) in [6.07, 6.45) is 3.83. The molecule has 2 unspecified atom stereocenters. The van der Waals surface area contributed by atoms with Gasteiger partial charge in [-0.25, -0.2) is 0 Å². The molecule has 6 heteroatoms. The Hall–Kier alpha value is -1.66. The molecule has 106 valence electrons. The van der Waals surface area contributed by atoms with Crippen LogP contribution in [0.4, 0.5) is 5.69 Å². The number of rotatable bonds is 3. The first kappa shape index (κ1) is 13.3. The number of nitrogens with zero attached hydrogens (tertiary/aromatic N) is 1. The molecule has 0 spiro atoms. The summed E-state index contributed by atoms with van der Waals surface area (Å²) in [6, 6.07) is 3.75. The van der Waals surface area contributed by atoms with Gasteiger partial charge in [-0.05, 0) is 31.9 Å². The molecule has 1 saturated heterocycles. The Kier molecular flexibility index (Phi) is 3.58. The average molecular weight is 291 g/mol. The van der Waals surface area contributed by atoms with Crippen molar-refractivity contribution in [1.82, 2.24) is 10.3 Å². The van der Waals surface area contributed by atoms with E-state index in [0.29, 0.717) is 16.1 Å². The number of anilines is 1. The molecule has 3 N–H and O–H groups in total. The first-order valence-electron chi connectivity index (χ1n) is 6.72. The van der Waals surface area contributed by atoms with Crippen LogP contribution in [0.5, 0.6) is 0 Å². The monoisotopic (exact) mass is 291 g/mol. The van der Waals surface area contributed by atoms with Crippen molar-refractivity contribution in [3.05, 3.63) is 23.2 Å². The molecule has 2 aromatic rings. The summed E-state index contributed by atoms with van der Waals surface area (Å²) in [7, 11) is 0. The van der Waals surface area contributed by atoms with Crippen LogP contribution >= 0.6 is 11.3 Å². The number of carbonyl (C=O) groups is 1. The number of hydrogen-bond acceptors (Lipinski definition) is 5. The van der Waals surface area contributed by atoms with Gasteiger partial charge in [0.05, 0.1) is 22.5 Å². The van der Waals surface area contributed by atoms with E-state index >= 15 is 0 Å². The number of nitrogens with one attached hydrogen (secondary N) is 1. The third-order valence-electron chi connectivity index (χ3n) is 3.57. The number of pyridine rings is 1. The van der Waals surface area contributed by atoms with Gasteiger partial charge in [-0.15, -0.1) is 11.3 Å². The molecule has 1 fully saturated rings. The van der Waals surface area contributed by atoms with E-state index in [1.807, 2.05) is 19.1 Å². The summed E-state index contributed by atoms with van der Waals surface area (Å²) in [6.45, 7) is 2.75. The van der Waals surface area contributed by atoms with Crippen LogP contribution < -0.4 is 11.1 Å². The van der Waals surface area contributed by atoms with Gasteiger partial charge in [0.1, 0.15) is 10.4 Å². The zero-order valence-corrected chi connectivity index (χ0v) is 12.1. The lowest BCUT2D eigenvalue weighted by atomic mass is 10.1. The smallest absolute Gasteiger partial charge is 0.263 e. The van der Waals surface area contributed by atoms with Crippen molar-refractivity contribution >= 4 is 33.1 Å². The summed E-state index contributed by atoms with van der Waals surface area (Å²) in [5.41, 5.74) is 7.19. The topological polar surface area (TPSA) is 77.2 Å². The normalized spacial score (nSPS) is 20.1. The van der Waals surface area contributed by atoms with Crippen LogP contribution in [0.25, 0.3) is 10.2 Å². The fourth-order valence-corrected chi connectivity index (χ4v) is 3.46. The van der Waals surface area contributed by atoms with E-state index in [-0.39, 0.29) is 18.1 Å². The maximum atomic E-state index is 12.3. The number of aromatic nitrogens is 1. The van der Waals surface area contributed by atoms with Crippen LogP contribution in [0, 0.1) is 0 Å². The highest BCUT2D eigenvalue weighted by atomic mass is 32.1. The van der Waals surface area contributed by atoms with E-state index in [1.54, 1.807) is 6.20 Å². The van der Waals surface area contributed by atoms with Gasteiger partial charge in [-0.1, -0.05) is 0 Å². The van der Waals surface area contributed by atoms with Crippen molar-refractivity contribution in [2.75, 3.05) is 12.3 Å². The van der Waals surface area contributed by atoms with Gasteiger partial charge in [-0.3, -0.25) is 9.78 Å². The molecule has 2 aromatic heterocycles. The lowest BCUT2D eigenvalue weighted by Crippen LogP contribution is -2.40. The Bertz CT molecular complexity index is 634. The average Bonchev–Trinajstić information content (AvgIpc) is 3.07. The predicted octanol–water partition coefficient (Wildman–Crippen LogP) is 2.18. The van der Waals surface area contributed by atoms with Gasteiger partial charge >= 0.3 is 0 Å². The van der Waals surface area contributed by atoms with Crippen molar-refractivity contribution in [2.24, 2.45) is 0 Å². The minimum atomic E-state index is -0.145. The molecule has 2 atom stereocenters. The first-order valence-corrected chi connectivity index (χ1v) is 7.54. The summed E-state index contributed by atoms with van der Waals surface area (Å²) in [5, 5.41) is 2.98. The zero-order valence-electron chi connectivity index (χ0n) is 11.3. The largest absolute Gasteiger partial charge is 0.396 e. The lowest BCUT2D eigenvalue weighted by Gasteiger charge is -2.19. The second-order valence-corrected chi connectivity index (χ2v) is 6.06. The van der Waals surface area contributed by atoms with Crippen LogP contribution in [-0.4, -0.2) is 29.6 Å². The fraction of sp³-hybridized carbons (Fsp3) is 0.429. The molecule has 1 aliphatic heterocycles. The predicted molar refractivity (Wildman–Crippen MR) is 79.9 cm³/mol. The van der Waals surface area contributed by atoms with Crippen molar-refractivity contribution < 1.29 is 9.53 Å². The van der Waals surface area contributed by atoms with E-state index < -0.39 is 0 Å². The third kappa shape index (κ3) is 2.36. The molecule has 0 saturated carbocycles. The van der Waals surface area contributed by atoms with Crippen molar-refractivity contribution in [3.8, 4) is 0 Å². The molecule has 0 bridgehead atoms. The Morgan fingerprint density at radius 2 is 2.50 bits per heavy atom. The van der Waals surface area contributed by atoms with E-state index in [4.69, 9.17) is 10.5 Å². The number of nitrogens with two attached hydrogens (primary N) is 1. The van der Waals surface area contributed by atoms with Gasteiger partial charge in [0.25, 0.3) is 5.91 Å². The number of ether oxygens (including phenoxy) is 1. The second kappa shape index (κ2) is 5.38. The SMILES string of the molecule is CC(NC(=O)c1sc2cccnc2c1N)C1CCCO1. The molecular formula is C14H17N3O2S. The highest BCUT2D eigenvalue weighted by Gasteiger charge is 2.25. The van der Waals surface area contributed by atoms with Gasteiger partial charge in [0, 0.05) is 12.8 Å². The van der Waals surface area contributed by atoms with Crippen molar-refractivity contribution in [3.63, 3.8) is 0 Å². The number of fused-ring (bicyclic) bond motifs is 1. The molecule has 3 heterocycles. The van der Waals surface area contributed by atoms with Gasteiger partial charge in [0.2, 0.25) is 0 Å². The summed E-state index contributed by atoms with van der Waals surface area (Å²) in [4.78, 5) is 17.1. The molecule has 0 aromatic carbocycles. The van der Waals surface area contributed by atoms with Crippen LogP contribution in [-0.2, 0) is 4.74 Å². The standard InChI is InChI=1S/C14H17N3O2S/c1-8(9-4-3-7-19-9)17-14(18)13-11(15)12-10(20-13)5-2-6-16-12/h2,5-6,8-9H,3-4,7,15H2,1H3,(H,17,18).